The van der Waals surface area contributed by atoms with E-state index in [1.807, 2.05) is 31.2 Å². The first-order chi connectivity index (χ1) is 14.1. The van der Waals surface area contributed by atoms with Gasteiger partial charge in [0.25, 0.3) is 0 Å². The molecule has 0 aliphatic carbocycles. The predicted molar refractivity (Wildman–Crippen MR) is 109 cm³/mol. The van der Waals surface area contributed by atoms with Gasteiger partial charge in [-0.25, -0.2) is 9.18 Å². The number of hydrogen-bond acceptors (Lipinski definition) is 4. The molecule has 0 amide bonds. The molecule has 0 aliphatic rings. The van der Waals surface area contributed by atoms with Gasteiger partial charge in [-0.2, -0.15) is 0 Å². The van der Waals surface area contributed by atoms with E-state index in [4.69, 9.17) is 9.47 Å². The monoisotopic (exact) mass is 390 g/mol. The molecule has 0 aromatic heterocycles. The quantitative estimate of drug-likeness (QED) is 0.236. The number of hydrogen-bond donors (Lipinski definition) is 0. The maximum atomic E-state index is 13.7. The Labute approximate surface area is 168 Å². The molecule has 0 atom stereocenters. The average molecular weight is 390 g/mol. The lowest BCUT2D eigenvalue weighted by Gasteiger charge is -2.06. The third-order valence-electron chi connectivity index (χ3n) is 4.08. The Bertz CT molecular complexity index is 1040. The van der Waals surface area contributed by atoms with Crippen LogP contribution >= 0.6 is 0 Å². The minimum absolute atomic E-state index is 0.149. The van der Waals surface area contributed by atoms with Gasteiger partial charge in [0.2, 0.25) is 0 Å². The zero-order valence-electron chi connectivity index (χ0n) is 15.8. The Morgan fingerprint density at radius 1 is 0.931 bits per heavy atom. The first kappa shape index (κ1) is 20.0. The zero-order chi connectivity index (χ0) is 20.6. The van der Waals surface area contributed by atoms with Crippen molar-refractivity contribution in [3.8, 4) is 11.5 Å². The Hall–Kier alpha value is -3.73. The van der Waals surface area contributed by atoms with Crippen LogP contribution < -0.4 is 9.47 Å². The predicted octanol–water partition coefficient (Wildman–Crippen LogP) is 5.34. The van der Waals surface area contributed by atoms with E-state index in [0.29, 0.717) is 17.9 Å². The molecule has 0 heterocycles. The van der Waals surface area contributed by atoms with Gasteiger partial charge < -0.3 is 9.47 Å². The number of esters is 1. The van der Waals surface area contributed by atoms with E-state index in [1.165, 1.54) is 36.4 Å². The lowest BCUT2D eigenvalue weighted by atomic mass is 10.1. The van der Waals surface area contributed by atoms with Gasteiger partial charge in [-0.05, 0) is 61.5 Å². The van der Waals surface area contributed by atoms with Crippen LogP contribution in [0.4, 0.5) is 4.39 Å². The smallest absolute Gasteiger partial charge is 0.346 e. The Morgan fingerprint density at radius 2 is 1.62 bits per heavy atom. The van der Waals surface area contributed by atoms with Gasteiger partial charge >= 0.3 is 5.97 Å². The summed E-state index contributed by atoms with van der Waals surface area (Å²) in [6.45, 7) is 2.43. The lowest BCUT2D eigenvalue weighted by molar-refractivity contribution is 0.0730. The fraction of sp³-hybridized carbons (Fsp3) is 0.0833. The summed E-state index contributed by atoms with van der Waals surface area (Å²) >= 11 is 0. The molecular formula is C24H19FO4. The van der Waals surface area contributed by atoms with Gasteiger partial charge in [-0.15, -0.1) is 0 Å². The molecular weight excluding hydrogens is 371 g/mol. The highest BCUT2D eigenvalue weighted by Crippen LogP contribution is 2.20. The maximum absolute atomic E-state index is 13.7. The van der Waals surface area contributed by atoms with Gasteiger partial charge in [0.15, 0.2) is 5.78 Å². The Balaban J connectivity index is 1.68. The number of para-hydroxylation sites is 1. The minimum atomic E-state index is -0.797. The molecule has 0 saturated carbocycles. The molecule has 0 aliphatic heterocycles. The molecule has 4 nitrogen and oxygen atoms in total. The van der Waals surface area contributed by atoms with Gasteiger partial charge in [0, 0.05) is 11.1 Å². The van der Waals surface area contributed by atoms with Gasteiger partial charge in [0.1, 0.15) is 17.3 Å². The summed E-state index contributed by atoms with van der Waals surface area (Å²) < 4.78 is 24.4. The largest absolute Gasteiger partial charge is 0.493 e. The molecule has 0 bridgehead atoms. The fourth-order valence-electron chi connectivity index (χ4n) is 2.64. The molecule has 29 heavy (non-hydrogen) atoms. The Kier molecular flexibility index (Phi) is 6.53. The number of rotatable bonds is 7. The van der Waals surface area contributed by atoms with Crippen molar-refractivity contribution in [2.75, 3.05) is 6.61 Å². The van der Waals surface area contributed by atoms with Crippen molar-refractivity contribution in [1.82, 2.24) is 0 Å². The summed E-state index contributed by atoms with van der Waals surface area (Å²) in [4.78, 5) is 24.4. The number of ketones is 1. The van der Waals surface area contributed by atoms with Crippen LogP contribution in [0, 0.1) is 5.82 Å². The Morgan fingerprint density at radius 3 is 2.34 bits per heavy atom. The molecule has 0 N–H and O–H groups in total. The number of ether oxygens (including phenoxy) is 2. The van der Waals surface area contributed by atoms with Crippen molar-refractivity contribution in [3.63, 3.8) is 0 Å². The van der Waals surface area contributed by atoms with Crippen LogP contribution in [0.15, 0.2) is 78.9 Å². The summed E-state index contributed by atoms with van der Waals surface area (Å²) in [5.74, 6) is -0.727. The number of carbonyl (C=O) groups excluding carboxylic acids is 2. The highest BCUT2D eigenvalue weighted by Gasteiger charge is 2.13. The third kappa shape index (κ3) is 5.17. The molecule has 3 aromatic rings. The minimum Gasteiger partial charge on any atom is -0.493 e. The maximum Gasteiger partial charge on any atom is 0.346 e. The van der Waals surface area contributed by atoms with Crippen molar-refractivity contribution in [2.24, 2.45) is 0 Å². The molecule has 0 unspecified atom stereocenters. The number of allylic oxidation sites excluding steroid dienone is 1. The van der Waals surface area contributed by atoms with E-state index in [9.17, 15) is 14.0 Å². The van der Waals surface area contributed by atoms with E-state index in [1.54, 1.807) is 24.3 Å². The summed E-state index contributed by atoms with van der Waals surface area (Å²) in [6, 6.07) is 19.1. The molecule has 146 valence electrons. The van der Waals surface area contributed by atoms with Crippen LogP contribution in [0.3, 0.4) is 0 Å². The molecule has 0 spiro atoms. The van der Waals surface area contributed by atoms with Crippen molar-refractivity contribution in [3.05, 3.63) is 101 Å². The number of carbonyl (C=O) groups is 2. The zero-order valence-corrected chi connectivity index (χ0v) is 15.8. The van der Waals surface area contributed by atoms with Crippen LogP contribution in [-0.4, -0.2) is 18.4 Å². The van der Waals surface area contributed by atoms with E-state index < -0.39 is 11.8 Å². The average Bonchev–Trinajstić information content (AvgIpc) is 2.74. The summed E-state index contributed by atoms with van der Waals surface area (Å²) in [7, 11) is 0. The first-order valence-electron chi connectivity index (χ1n) is 9.09. The standard InChI is InChI=1S/C24H19FO4/c1-2-28-23-10-6-3-7-18(23)13-16-22(26)17-11-14-19(15-12-17)29-24(27)20-8-4-5-9-21(20)25/h3-16H,2H2,1H3/b16-13+. The normalized spacial score (nSPS) is 10.7. The molecule has 5 heteroatoms. The van der Waals surface area contributed by atoms with Crippen molar-refractivity contribution < 1.29 is 23.5 Å². The van der Waals surface area contributed by atoms with Crippen molar-refractivity contribution in [1.29, 1.82) is 0 Å². The van der Waals surface area contributed by atoms with Crippen LogP contribution in [0.5, 0.6) is 11.5 Å². The van der Waals surface area contributed by atoms with Crippen LogP contribution in [-0.2, 0) is 0 Å². The van der Waals surface area contributed by atoms with Crippen LogP contribution in [0.25, 0.3) is 6.08 Å². The molecule has 3 rings (SSSR count). The summed E-state index contributed by atoms with van der Waals surface area (Å²) in [5.41, 5.74) is 1.09. The summed E-state index contributed by atoms with van der Waals surface area (Å²) in [5, 5.41) is 0. The van der Waals surface area contributed by atoms with Crippen molar-refractivity contribution in [2.45, 2.75) is 6.92 Å². The van der Waals surface area contributed by atoms with E-state index >= 15 is 0 Å². The van der Waals surface area contributed by atoms with Gasteiger partial charge in [0.05, 0.1) is 12.2 Å². The van der Waals surface area contributed by atoms with Gasteiger partial charge in [-0.3, -0.25) is 4.79 Å². The topological polar surface area (TPSA) is 52.6 Å². The second-order valence-electron chi connectivity index (χ2n) is 6.06. The fourth-order valence-corrected chi connectivity index (χ4v) is 2.64. The second-order valence-corrected chi connectivity index (χ2v) is 6.06. The first-order valence-corrected chi connectivity index (χ1v) is 9.09. The SMILES string of the molecule is CCOc1ccccc1/C=C/C(=O)c1ccc(OC(=O)c2ccccc2F)cc1. The molecule has 0 fully saturated rings. The molecule has 0 saturated heterocycles. The van der Waals surface area contributed by atoms with E-state index in [-0.39, 0.29) is 17.1 Å². The third-order valence-corrected chi connectivity index (χ3v) is 4.08. The number of halogens is 1. The number of benzene rings is 3. The highest BCUT2D eigenvalue weighted by molar-refractivity contribution is 6.07. The van der Waals surface area contributed by atoms with Crippen LogP contribution in [0.2, 0.25) is 0 Å². The van der Waals surface area contributed by atoms with E-state index in [0.717, 1.165) is 5.56 Å². The lowest BCUT2D eigenvalue weighted by Crippen LogP contribution is -2.10. The van der Waals surface area contributed by atoms with Gasteiger partial charge in [-0.1, -0.05) is 30.3 Å². The highest BCUT2D eigenvalue weighted by atomic mass is 19.1. The van der Waals surface area contributed by atoms with Crippen LogP contribution in [0.1, 0.15) is 33.2 Å². The van der Waals surface area contributed by atoms with Crippen molar-refractivity contribution >= 4 is 17.8 Å². The van der Waals surface area contributed by atoms with E-state index in [2.05, 4.69) is 0 Å². The molecule has 3 aromatic carbocycles. The second kappa shape index (κ2) is 9.46. The summed E-state index contributed by atoms with van der Waals surface area (Å²) in [6.07, 6.45) is 3.15. The molecule has 0 radical (unpaired) electrons.